The summed E-state index contributed by atoms with van der Waals surface area (Å²) in [6.07, 6.45) is 0. The molecule has 9 heteroatoms. The van der Waals surface area contributed by atoms with Gasteiger partial charge in [-0.3, -0.25) is 10.1 Å². The molecule has 0 radical (unpaired) electrons. The number of carbonyl (C=O) groups is 1. The van der Waals surface area contributed by atoms with Gasteiger partial charge in [-0.15, -0.1) is 22.0 Å². The Morgan fingerprint density at radius 3 is 2.62 bits per heavy atom. The molecule has 3 aromatic rings. The molecular weight excluding hydrogens is 406 g/mol. The van der Waals surface area contributed by atoms with Gasteiger partial charge < -0.3 is 8.98 Å². The molecule has 0 saturated heterocycles. The second-order valence-electron chi connectivity index (χ2n) is 6.50. The summed E-state index contributed by atoms with van der Waals surface area (Å²) in [4.78, 5) is 13.4. The van der Waals surface area contributed by atoms with E-state index in [9.17, 15) is 10.1 Å². The lowest BCUT2D eigenvalue weighted by Gasteiger charge is -2.05. The molecule has 0 unspecified atom stereocenters. The molecule has 0 aliphatic carbocycles. The first-order valence-corrected chi connectivity index (χ1v) is 10.9. The predicted molar refractivity (Wildman–Crippen MR) is 114 cm³/mol. The number of nitrogens with one attached hydrogen (secondary N) is 1. The number of amides is 1. The number of nitriles is 1. The van der Waals surface area contributed by atoms with Gasteiger partial charge in [0.15, 0.2) is 5.16 Å². The summed E-state index contributed by atoms with van der Waals surface area (Å²) in [5.41, 5.74) is 2.32. The zero-order valence-corrected chi connectivity index (χ0v) is 18.3. The third-order valence-electron chi connectivity index (χ3n) is 4.40. The lowest BCUT2D eigenvalue weighted by molar-refractivity contribution is -0.113. The Hall–Kier alpha value is -2.70. The molecule has 1 amide bonds. The van der Waals surface area contributed by atoms with Crippen LogP contribution < -0.4 is 5.32 Å². The summed E-state index contributed by atoms with van der Waals surface area (Å²) in [5, 5.41) is 21.0. The van der Waals surface area contributed by atoms with E-state index in [1.54, 1.807) is 25.6 Å². The number of thioether (sulfide) groups is 2. The fourth-order valence-electron chi connectivity index (χ4n) is 2.52. The third-order valence-corrected chi connectivity index (χ3v) is 6.42. The molecule has 0 spiro atoms. The highest BCUT2D eigenvalue weighted by Crippen LogP contribution is 2.26. The molecule has 0 atom stereocenters. The van der Waals surface area contributed by atoms with Crippen LogP contribution in [0.1, 0.15) is 28.3 Å². The maximum absolute atomic E-state index is 12.3. The number of aromatic nitrogens is 3. The molecule has 1 aromatic carbocycles. The lowest BCUT2D eigenvalue weighted by Crippen LogP contribution is -2.14. The molecule has 2 heterocycles. The topological polar surface area (TPSA) is 96.7 Å². The van der Waals surface area contributed by atoms with Gasteiger partial charge >= 0.3 is 0 Å². The molecule has 29 heavy (non-hydrogen) atoms. The number of benzene rings is 1. The maximum Gasteiger partial charge on any atom is 0.237 e. The summed E-state index contributed by atoms with van der Waals surface area (Å²) < 4.78 is 7.36. The van der Waals surface area contributed by atoms with Gasteiger partial charge in [-0.25, -0.2) is 0 Å². The first kappa shape index (κ1) is 21.0. The van der Waals surface area contributed by atoms with E-state index in [-0.39, 0.29) is 17.5 Å². The first-order valence-electron chi connectivity index (χ1n) is 8.89. The van der Waals surface area contributed by atoms with E-state index in [4.69, 9.17) is 4.42 Å². The van der Waals surface area contributed by atoms with Gasteiger partial charge in [0, 0.05) is 17.5 Å². The van der Waals surface area contributed by atoms with Crippen LogP contribution in [0.5, 0.6) is 0 Å². The monoisotopic (exact) mass is 427 g/mol. The number of hydrogen-bond donors (Lipinski definition) is 1. The Morgan fingerprint density at radius 1 is 1.21 bits per heavy atom. The van der Waals surface area contributed by atoms with E-state index < -0.39 is 0 Å². The van der Waals surface area contributed by atoms with Crippen LogP contribution in [0.15, 0.2) is 38.7 Å². The summed E-state index contributed by atoms with van der Waals surface area (Å²) in [6, 6.07) is 10.4. The van der Waals surface area contributed by atoms with Crippen molar-refractivity contribution in [2.45, 2.75) is 36.6 Å². The predicted octanol–water partition coefficient (Wildman–Crippen LogP) is 4.23. The molecule has 0 aliphatic rings. The van der Waals surface area contributed by atoms with Crippen molar-refractivity contribution in [3.63, 3.8) is 0 Å². The van der Waals surface area contributed by atoms with E-state index in [0.29, 0.717) is 22.2 Å². The van der Waals surface area contributed by atoms with Crippen LogP contribution in [0.4, 0.5) is 5.88 Å². The van der Waals surface area contributed by atoms with Crippen LogP contribution in [0.3, 0.4) is 0 Å². The van der Waals surface area contributed by atoms with E-state index >= 15 is 0 Å². The van der Waals surface area contributed by atoms with Gasteiger partial charge in [-0.1, -0.05) is 29.5 Å². The second kappa shape index (κ2) is 9.20. The van der Waals surface area contributed by atoms with Gasteiger partial charge in [0.05, 0.1) is 11.5 Å². The van der Waals surface area contributed by atoms with Gasteiger partial charge in [0.2, 0.25) is 11.8 Å². The van der Waals surface area contributed by atoms with Crippen LogP contribution in [0.25, 0.3) is 0 Å². The molecule has 1 N–H and O–H groups in total. The van der Waals surface area contributed by atoms with Crippen molar-refractivity contribution in [3.05, 3.63) is 52.5 Å². The largest absolute Gasteiger partial charge is 0.444 e. The molecule has 0 fully saturated rings. The lowest BCUT2D eigenvalue weighted by atomic mass is 10.2. The van der Waals surface area contributed by atoms with Gasteiger partial charge in [-0.2, -0.15) is 5.26 Å². The highest BCUT2D eigenvalue weighted by Gasteiger charge is 2.17. The minimum atomic E-state index is -0.265. The number of hydrogen-bond acceptors (Lipinski definition) is 7. The van der Waals surface area contributed by atoms with E-state index in [0.717, 1.165) is 11.4 Å². The fourth-order valence-corrected chi connectivity index (χ4v) is 4.13. The molecule has 0 aliphatic heterocycles. The Bertz CT molecular complexity index is 1060. The van der Waals surface area contributed by atoms with Crippen molar-refractivity contribution in [1.82, 2.24) is 14.8 Å². The molecule has 150 valence electrons. The molecule has 0 bridgehead atoms. The van der Waals surface area contributed by atoms with Gasteiger partial charge in [-0.05, 0) is 32.9 Å². The van der Waals surface area contributed by atoms with E-state index in [2.05, 4.69) is 52.8 Å². The van der Waals surface area contributed by atoms with Crippen LogP contribution in [-0.2, 0) is 17.6 Å². The molecular formula is C20H21N5O2S2. The SMILES string of the molecule is Cc1ccc(SCc2nnc(SCC(=O)Nc3oc(C)c(C)c3C#N)n2C)cc1. The minimum absolute atomic E-state index is 0.140. The second-order valence-corrected chi connectivity index (χ2v) is 8.49. The number of nitrogens with zero attached hydrogens (tertiary/aromatic N) is 4. The summed E-state index contributed by atoms with van der Waals surface area (Å²) in [5.74, 6) is 2.22. The van der Waals surface area contributed by atoms with Gasteiger partial charge in [0.1, 0.15) is 23.2 Å². The molecule has 7 nitrogen and oxygen atoms in total. The molecule has 0 saturated carbocycles. The van der Waals surface area contributed by atoms with Gasteiger partial charge in [0.25, 0.3) is 0 Å². The number of rotatable bonds is 7. The standard InChI is InChI=1S/C20H21N5O2S2/c1-12-5-7-15(8-6-12)28-10-17-23-24-20(25(17)4)29-11-18(26)22-19-16(9-21)13(2)14(3)27-19/h5-8H,10-11H2,1-4H3,(H,22,26). The first-order chi connectivity index (χ1) is 13.9. The van der Waals surface area contributed by atoms with Crippen LogP contribution in [0.2, 0.25) is 0 Å². The van der Waals surface area contributed by atoms with E-state index in [1.807, 2.05) is 11.6 Å². The van der Waals surface area contributed by atoms with Crippen molar-refractivity contribution in [2.24, 2.45) is 7.05 Å². The Balaban J connectivity index is 1.56. The van der Waals surface area contributed by atoms with Crippen LogP contribution >= 0.6 is 23.5 Å². The highest BCUT2D eigenvalue weighted by atomic mass is 32.2. The molecule has 3 rings (SSSR count). The number of anilines is 1. The third kappa shape index (κ3) is 5.02. The zero-order valence-electron chi connectivity index (χ0n) is 16.6. The number of aryl methyl sites for hydroxylation is 2. The normalized spacial score (nSPS) is 10.7. The van der Waals surface area contributed by atoms with Crippen molar-refractivity contribution < 1.29 is 9.21 Å². The van der Waals surface area contributed by atoms with Crippen molar-refractivity contribution in [2.75, 3.05) is 11.1 Å². The highest BCUT2D eigenvalue weighted by molar-refractivity contribution is 7.99. The Morgan fingerprint density at radius 2 is 1.93 bits per heavy atom. The Kier molecular flexibility index (Phi) is 6.67. The van der Waals surface area contributed by atoms with Crippen molar-refractivity contribution in [1.29, 1.82) is 5.26 Å². The summed E-state index contributed by atoms with van der Waals surface area (Å²) in [6.45, 7) is 5.61. The fraction of sp³-hybridized carbons (Fsp3) is 0.300. The average molecular weight is 428 g/mol. The quantitative estimate of drug-likeness (QED) is 0.564. The smallest absolute Gasteiger partial charge is 0.237 e. The summed E-state index contributed by atoms with van der Waals surface area (Å²) in [7, 11) is 1.89. The van der Waals surface area contributed by atoms with Crippen LogP contribution in [-0.4, -0.2) is 26.4 Å². The van der Waals surface area contributed by atoms with Crippen molar-refractivity contribution in [3.8, 4) is 6.07 Å². The van der Waals surface area contributed by atoms with E-state index in [1.165, 1.54) is 22.2 Å². The van der Waals surface area contributed by atoms with Crippen molar-refractivity contribution >= 4 is 35.3 Å². The number of furan rings is 1. The minimum Gasteiger partial charge on any atom is -0.444 e. The maximum atomic E-state index is 12.3. The average Bonchev–Trinajstić information content (AvgIpc) is 3.18. The number of carbonyl (C=O) groups excluding carboxylic acids is 1. The van der Waals surface area contributed by atoms with Crippen LogP contribution in [0, 0.1) is 32.1 Å². The Labute approximate surface area is 177 Å². The molecule has 2 aromatic heterocycles. The summed E-state index contributed by atoms with van der Waals surface area (Å²) >= 11 is 2.98. The zero-order chi connectivity index (χ0) is 21.0.